The van der Waals surface area contributed by atoms with Crippen LogP contribution in [0.25, 0.3) is 17.2 Å². The number of nitrogens with one attached hydrogen (secondary N) is 2. The predicted octanol–water partition coefficient (Wildman–Crippen LogP) is -2.31. The zero-order valence-corrected chi connectivity index (χ0v) is 17.6. The van der Waals surface area contributed by atoms with Crippen LogP contribution in [0.5, 0.6) is 0 Å². The van der Waals surface area contributed by atoms with Gasteiger partial charge in [0.05, 0.1) is 12.3 Å². The fraction of sp³-hybridized carbons (Fsp3) is 0.529. The molecule has 13 nitrogen and oxygen atoms in total. The van der Waals surface area contributed by atoms with E-state index in [0.717, 1.165) is 5.57 Å². The first-order valence-corrected chi connectivity index (χ1v) is 10.9. The summed E-state index contributed by atoms with van der Waals surface area (Å²) in [7, 11) is -4.88. The molecule has 14 heteroatoms. The van der Waals surface area contributed by atoms with Crippen LogP contribution in [0.4, 0.5) is 0 Å². The molecule has 0 amide bonds. The van der Waals surface area contributed by atoms with Crippen LogP contribution in [0, 0.1) is 5.92 Å². The van der Waals surface area contributed by atoms with Crippen molar-refractivity contribution in [3.05, 3.63) is 37.8 Å². The Bertz CT molecular complexity index is 1180. The summed E-state index contributed by atoms with van der Waals surface area (Å²) in [4.78, 5) is 50.5. The van der Waals surface area contributed by atoms with Crippen molar-refractivity contribution in [3.63, 3.8) is 0 Å². The molecule has 2 aromatic rings. The number of phosphoric acid groups is 1. The molecule has 1 aliphatic rings. The molecule has 0 fully saturated rings. The largest absolute Gasteiger partial charge is 0.469 e. The number of nitrogens with zero attached hydrogens (tertiary/aromatic N) is 2. The molecule has 0 bridgehead atoms. The van der Waals surface area contributed by atoms with Crippen LogP contribution in [-0.4, -0.2) is 65.0 Å². The molecular formula is C17H24N4O9P+. The molecule has 3 rings (SSSR count). The van der Waals surface area contributed by atoms with Gasteiger partial charge in [0.2, 0.25) is 5.52 Å². The summed E-state index contributed by atoms with van der Waals surface area (Å²) >= 11 is 0. The van der Waals surface area contributed by atoms with E-state index in [9.17, 15) is 29.5 Å². The quantitative estimate of drug-likeness (QED) is 0.174. The van der Waals surface area contributed by atoms with Crippen molar-refractivity contribution < 1.29 is 38.8 Å². The van der Waals surface area contributed by atoms with Crippen molar-refractivity contribution in [1.29, 1.82) is 0 Å². The summed E-state index contributed by atoms with van der Waals surface area (Å²) in [6, 6.07) is 0. The molecule has 0 aromatic carbocycles. The maximum atomic E-state index is 12.3. The molecule has 0 aliphatic heterocycles. The van der Waals surface area contributed by atoms with Gasteiger partial charge in [0.15, 0.2) is 0 Å². The van der Waals surface area contributed by atoms with Crippen molar-refractivity contribution >= 4 is 25.1 Å². The molecule has 170 valence electrons. The second-order valence-electron chi connectivity index (χ2n) is 7.56. The number of hydrogen-bond acceptors (Lipinski definition) is 8. The van der Waals surface area contributed by atoms with E-state index >= 15 is 0 Å². The van der Waals surface area contributed by atoms with E-state index in [1.807, 2.05) is 13.8 Å². The Balaban J connectivity index is 2.03. The van der Waals surface area contributed by atoms with Gasteiger partial charge in [-0.1, -0.05) is 12.5 Å². The van der Waals surface area contributed by atoms with Gasteiger partial charge in [0, 0.05) is 6.42 Å². The van der Waals surface area contributed by atoms with Gasteiger partial charge < -0.3 is 25.1 Å². The monoisotopic (exact) mass is 459 g/mol. The molecule has 0 radical (unpaired) electrons. The molecule has 0 unspecified atom stereocenters. The highest BCUT2D eigenvalue weighted by molar-refractivity contribution is 7.46. The number of aromatic amines is 2. The van der Waals surface area contributed by atoms with Crippen molar-refractivity contribution in [2.75, 3.05) is 6.61 Å². The van der Waals surface area contributed by atoms with Gasteiger partial charge >= 0.3 is 19.2 Å². The third-order valence-corrected chi connectivity index (χ3v) is 5.70. The summed E-state index contributed by atoms with van der Waals surface area (Å²) in [5.41, 5.74) is 0.498. The molecule has 2 aromatic heterocycles. The Kier molecular flexibility index (Phi) is 6.58. The predicted molar refractivity (Wildman–Crippen MR) is 106 cm³/mol. The van der Waals surface area contributed by atoms with Crippen molar-refractivity contribution in [3.8, 4) is 0 Å². The van der Waals surface area contributed by atoms with Gasteiger partial charge in [-0.15, -0.1) is 0 Å². The van der Waals surface area contributed by atoms with Crippen LogP contribution in [0.15, 0.2) is 15.2 Å². The SMILES string of the molecule is CC1=Cc2c(nc3c(=O)[nH]c(=O)[nH]c3[n+]2C[C@H](O)[C@H](O)[C@H](O)COP(=O)(O)O)C[C@@H]1C. The van der Waals surface area contributed by atoms with Crippen LogP contribution in [-0.2, 0) is 22.1 Å². The first kappa shape index (κ1) is 23.4. The second-order valence-corrected chi connectivity index (χ2v) is 8.80. The van der Waals surface area contributed by atoms with Gasteiger partial charge in [-0.2, -0.15) is 4.98 Å². The van der Waals surface area contributed by atoms with Gasteiger partial charge in [0.25, 0.3) is 5.56 Å². The Morgan fingerprint density at radius 1 is 1.26 bits per heavy atom. The number of rotatable bonds is 7. The third kappa shape index (κ3) is 5.15. The summed E-state index contributed by atoms with van der Waals surface area (Å²) < 4.78 is 16.3. The van der Waals surface area contributed by atoms with Crippen LogP contribution >= 0.6 is 7.82 Å². The molecule has 0 saturated carbocycles. The average Bonchev–Trinajstić information content (AvgIpc) is 2.67. The minimum atomic E-state index is -4.88. The third-order valence-electron chi connectivity index (χ3n) is 5.21. The number of aliphatic hydroxyl groups excluding tert-OH is 3. The fourth-order valence-electron chi connectivity index (χ4n) is 3.37. The molecule has 0 spiro atoms. The van der Waals surface area contributed by atoms with Crippen LogP contribution < -0.4 is 15.8 Å². The van der Waals surface area contributed by atoms with Gasteiger partial charge in [0.1, 0.15) is 30.6 Å². The van der Waals surface area contributed by atoms with Crippen molar-refractivity contribution in [2.45, 2.75) is 45.1 Å². The molecular weight excluding hydrogens is 435 g/mol. The molecule has 4 atom stereocenters. The number of aromatic nitrogens is 4. The standard InChI is InChI=1S/C17H23N4O9P/c1-7-3-9-10(4-8(7)2)21(15-13(18-9)16(25)20-17(26)19-15)5-11(22)14(24)12(23)6-30-31(27,28)29/h4,7,11-12,14,22-24H,3,5-6H2,1-2H3,(H3,20,25,26,27,28,29)/p+1/t7-,11-,12+,14-/m0/s1. The summed E-state index contributed by atoms with van der Waals surface area (Å²) in [5.74, 6) is 0.148. The zero-order chi connectivity index (χ0) is 23.1. The van der Waals surface area contributed by atoms with E-state index in [1.165, 1.54) is 4.57 Å². The minimum absolute atomic E-state index is 0.0123. The zero-order valence-electron chi connectivity index (χ0n) is 16.7. The molecule has 1 aliphatic carbocycles. The minimum Gasteiger partial charge on any atom is -0.388 e. The highest BCUT2D eigenvalue weighted by atomic mass is 31.2. The van der Waals surface area contributed by atoms with Crippen LogP contribution in [0.3, 0.4) is 0 Å². The summed E-state index contributed by atoms with van der Waals surface area (Å²) in [5, 5.41) is 30.6. The first-order chi connectivity index (χ1) is 14.4. The van der Waals surface area contributed by atoms with E-state index in [-0.39, 0.29) is 23.6 Å². The number of aliphatic hydroxyl groups is 3. The number of phosphoric ester groups is 1. The van der Waals surface area contributed by atoms with Gasteiger partial charge in [-0.25, -0.2) is 18.9 Å². The number of allylic oxidation sites excluding steroid dienone is 1. The number of hydrogen-bond donors (Lipinski definition) is 7. The first-order valence-electron chi connectivity index (χ1n) is 9.39. The van der Waals surface area contributed by atoms with E-state index in [4.69, 9.17) is 9.79 Å². The number of H-pyrrole nitrogens is 2. The van der Waals surface area contributed by atoms with E-state index in [0.29, 0.717) is 17.8 Å². The smallest absolute Gasteiger partial charge is 0.388 e. The lowest BCUT2D eigenvalue weighted by atomic mass is 9.90. The van der Waals surface area contributed by atoms with Crippen molar-refractivity contribution in [2.24, 2.45) is 5.92 Å². The second kappa shape index (κ2) is 8.71. The average molecular weight is 459 g/mol. The molecule has 7 N–H and O–H groups in total. The van der Waals surface area contributed by atoms with Gasteiger partial charge in [-0.05, 0) is 18.9 Å². The summed E-state index contributed by atoms with van der Waals surface area (Å²) in [6.07, 6.45) is -3.01. The highest BCUT2D eigenvalue weighted by Crippen LogP contribution is 2.35. The Morgan fingerprint density at radius 3 is 2.58 bits per heavy atom. The molecule has 0 saturated heterocycles. The fourth-order valence-corrected chi connectivity index (χ4v) is 3.72. The Hall–Kier alpha value is -2.25. The lowest BCUT2D eigenvalue weighted by Gasteiger charge is -2.24. The number of fused-ring (bicyclic) bond motifs is 2. The normalized spacial score (nSPS) is 19.6. The Labute approximate surface area is 174 Å². The molecule has 31 heavy (non-hydrogen) atoms. The molecule has 2 heterocycles. The maximum Gasteiger partial charge on any atom is 0.469 e. The van der Waals surface area contributed by atoms with Gasteiger partial charge in [-0.3, -0.25) is 14.3 Å². The van der Waals surface area contributed by atoms with Crippen molar-refractivity contribution in [1.82, 2.24) is 15.0 Å². The lowest BCUT2D eigenvalue weighted by molar-refractivity contribution is -0.684. The van der Waals surface area contributed by atoms with Crippen LogP contribution in [0.1, 0.15) is 25.2 Å². The topological polar surface area (TPSA) is 210 Å². The maximum absolute atomic E-state index is 12.3. The van der Waals surface area contributed by atoms with E-state index < -0.39 is 44.0 Å². The van der Waals surface area contributed by atoms with E-state index in [1.54, 1.807) is 6.08 Å². The summed E-state index contributed by atoms with van der Waals surface area (Å²) in [6.45, 7) is 2.59. The Morgan fingerprint density at radius 2 is 1.94 bits per heavy atom. The highest BCUT2D eigenvalue weighted by Gasteiger charge is 2.33. The lowest BCUT2D eigenvalue weighted by Crippen LogP contribution is -2.52. The van der Waals surface area contributed by atoms with E-state index in [2.05, 4.69) is 19.5 Å². The van der Waals surface area contributed by atoms with Crippen LogP contribution in [0.2, 0.25) is 0 Å².